The third-order valence-electron chi connectivity index (χ3n) is 3.65. The molecule has 0 heterocycles. The molecule has 0 aliphatic heterocycles. The average molecular weight is 390 g/mol. The lowest BCUT2D eigenvalue weighted by Crippen LogP contribution is -2.24. The summed E-state index contributed by atoms with van der Waals surface area (Å²) in [5.74, 6) is -0.970. The van der Waals surface area contributed by atoms with Gasteiger partial charge in [0.15, 0.2) is 0 Å². The van der Waals surface area contributed by atoms with E-state index >= 15 is 0 Å². The van der Waals surface area contributed by atoms with Crippen molar-refractivity contribution in [3.63, 3.8) is 0 Å². The third-order valence-corrected chi connectivity index (χ3v) is 5.13. The van der Waals surface area contributed by atoms with E-state index in [1.165, 1.54) is 11.0 Å². The van der Waals surface area contributed by atoms with Crippen LogP contribution in [0.5, 0.6) is 5.75 Å². The minimum Gasteiger partial charge on any atom is -0.506 e. The molecule has 1 rings (SSSR count). The van der Waals surface area contributed by atoms with Gasteiger partial charge in [0.05, 0.1) is 0 Å². The van der Waals surface area contributed by atoms with E-state index in [-0.39, 0.29) is 23.2 Å². The van der Waals surface area contributed by atoms with Crippen molar-refractivity contribution < 1.29 is 18.3 Å². The zero-order valence-corrected chi connectivity index (χ0v) is 16.4. The van der Waals surface area contributed by atoms with Gasteiger partial charge in [-0.15, -0.1) is 16.0 Å². The molecule has 1 unspecified atom stereocenters. The number of phenols is 1. The first-order chi connectivity index (χ1) is 11.6. The van der Waals surface area contributed by atoms with E-state index in [0.717, 1.165) is 18.3 Å². The molecule has 0 spiro atoms. The Labute approximate surface area is 153 Å². The summed E-state index contributed by atoms with van der Waals surface area (Å²) in [6.07, 6.45) is 1.94. The highest BCUT2D eigenvalue weighted by Gasteiger charge is 2.23. The Morgan fingerprint density at radius 2 is 2.08 bits per heavy atom. The predicted molar refractivity (Wildman–Crippen MR) is 98.7 cm³/mol. The Bertz CT molecular complexity index is 748. The molecule has 0 saturated carbocycles. The van der Waals surface area contributed by atoms with Crippen molar-refractivity contribution in [3.05, 3.63) is 23.3 Å². The highest BCUT2D eigenvalue weighted by molar-refractivity contribution is 7.90. The minimum absolute atomic E-state index is 0.0262. The number of benzene rings is 1. The van der Waals surface area contributed by atoms with Gasteiger partial charge in [0.1, 0.15) is 22.9 Å². The number of hydrogen-bond donors (Lipinski definition) is 2. The molecular formula is C16H24ClN3O4S. The lowest BCUT2D eigenvalue weighted by molar-refractivity contribution is -0.118. The van der Waals surface area contributed by atoms with Crippen molar-refractivity contribution in [2.24, 2.45) is 4.40 Å². The quantitative estimate of drug-likeness (QED) is 0.402. The number of aromatic hydroxyl groups is 1. The number of phenolic OH excluding ortho intramolecular Hbond substituents is 1. The van der Waals surface area contributed by atoms with Gasteiger partial charge in [-0.2, -0.15) is 8.42 Å². The van der Waals surface area contributed by atoms with Gasteiger partial charge in [0, 0.05) is 26.2 Å². The van der Waals surface area contributed by atoms with E-state index in [1.54, 1.807) is 20.2 Å². The summed E-state index contributed by atoms with van der Waals surface area (Å²) >= 11 is 5.44. The molecule has 0 bridgehead atoms. The van der Waals surface area contributed by atoms with Gasteiger partial charge < -0.3 is 15.3 Å². The maximum Gasteiger partial charge on any atom is 0.287 e. The van der Waals surface area contributed by atoms with Gasteiger partial charge in [-0.05, 0) is 30.0 Å². The van der Waals surface area contributed by atoms with Crippen LogP contribution in [0.25, 0.3) is 0 Å². The Morgan fingerprint density at radius 3 is 2.60 bits per heavy atom. The second kappa shape index (κ2) is 9.05. The molecule has 0 aliphatic carbocycles. The van der Waals surface area contributed by atoms with Crippen LogP contribution in [-0.2, 0) is 21.4 Å². The summed E-state index contributed by atoms with van der Waals surface area (Å²) in [7, 11) is -0.797. The Hall–Kier alpha value is -1.80. The molecule has 1 aromatic carbocycles. The van der Waals surface area contributed by atoms with Crippen molar-refractivity contribution in [2.75, 3.05) is 20.0 Å². The van der Waals surface area contributed by atoms with E-state index in [1.807, 2.05) is 13.8 Å². The molecule has 0 fully saturated rings. The second-order valence-electron chi connectivity index (χ2n) is 5.91. The van der Waals surface area contributed by atoms with Crippen LogP contribution >= 0.6 is 11.6 Å². The monoisotopic (exact) mass is 389 g/mol. The van der Waals surface area contributed by atoms with Crippen LogP contribution in [0.15, 0.2) is 21.4 Å². The van der Waals surface area contributed by atoms with Crippen LogP contribution in [0.1, 0.15) is 37.3 Å². The molecule has 0 saturated heterocycles. The number of hydrogen-bond acceptors (Lipinski definition) is 4. The summed E-state index contributed by atoms with van der Waals surface area (Å²) in [6, 6.07) is 3.12. The molecule has 1 aromatic rings. The zero-order valence-electron chi connectivity index (χ0n) is 14.8. The number of nitrogens with zero attached hydrogens (tertiary/aromatic N) is 2. The van der Waals surface area contributed by atoms with Gasteiger partial charge >= 0.3 is 0 Å². The average Bonchev–Trinajstić information content (AvgIpc) is 2.57. The second-order valence-corrected chi connectivity index (χ2v) is 7.77. The highest BCUT2D eigenvalue weighted by Crippen LogP contribution is 2.33. The Balaban J connectivity index is 3.42. The molecule has 0 aromatic heterocycles. The minimum atomic E-state index is -4.08. The number of nitrogens with one attached hydrogen (secondary N) is 1. The fourth-order valence-corrected chi connectivity index (χ4v) is 3.18. The number of carbonyl (C=O) groups excluding carboxylic acids is 1. The smallest absolute Gasteiger partial charge is 0.287 e. The van der Waals surface area contributed by atoms with Crippen LogP contribution in [0, 0.1) is 0 Å². The van der Waals surface area contributed by atoms with Crippen LogP contribution in [0.2, 0.25) is 0 Å². The topological polar surface area (TPSA) is 99.1 Å². The summed E-state index contributed by atoms with van der Waals surface area (Å²) in [5, 5.41) is 12.9. The lowest BCUT2D eigenvalue weighted by atomic mass is 9.96. The van der Waals surface area contributed by atoms with Crippen molar-refractivity contribution >= 4 is 33.9 Å². The van der Waals surface area contributed by atoms with Gasteiger partial charge in [0.25, 0.3) is 10.0 Å². The standard InChI is InChI=1S/C16H24ClN3O4S/c1-5-11(2)12-6-13(9-18-15(21)8-17)16(22)14(7-12)25(23,24)19-10-20(3)4/h6-7,10-11,22H,5,8-9H2,1-4H3,(H,18,21). The van der Waals surface area contributed by atoms with E-state index < -0.39 is 21.7 Å². The summed E-state index contributed by atoms with van der Waals surface area (Å²) in [4.78, 5) is 12.6. The molecule has 140 valence electrons. The highest BCUT2D eigenvalue weighted by atomic mass is 35.5. The number of alkyl halides is 1. The first-order valence-electron chi connectivity index (χ1n) is 7.77. The largest absolute Gasteiger partial charge is 0.506 e. The molecule has 1 atom stereocenters. The summed E-state index contributed by atoms with van der Waals surface area (Å²) in [5.41, 5.74) is 1.05. The normalized spacial score (nSPS) is 13.0. The van der Waals surface area contributed by atoms with Crippen LogP contribution < -0.4 is 5.32 Å². The summed E-state index contributed by atoms with van der Waals surface area (Å²) < 4.78 is 28.5. The third kappa shape index (κ3) is 5.89. The maximum atomic E-state index is 12.5. The SMILES string of the molecule is CCC(C)c1cc(CNC(=O)CCl)c(O)c(S(=O)(=O)N=CN(C)C)c1. The number of sulfonamides is 1. The number of rotatable bonds is 8. The molecule has 0 radical (unpaired) electrons. The van der Waals surface area contributed by atoms with E-state index in [9.17, 15) is 18.3 Å². The predicted octanol–water partition coefficient (Wildman–Crippen LogP) is 2.04. The van der Waals surface area contributed by atoms with Gasteiger partial charge in [0.2, 0.25) is 5.91 Å². The first-order valence-corrected chi connectivity index (χ1v) is 9.75. The van der Waals surface area contributed by atoms with Gasteiger partial charge in [-0.25, -0.2) is 0 Å². The molecule has 9 heteroatoms. The maximum absolute atomic E-state index is 12.5. The zero-order chi connectivity index (χ0) is 19.2. The molecule has 1 amide bonds. The van der Waals surface area contributed by atoms with Crippen LogP contribution in [-0.4, -0.2) is 50.6 Å². The summed E-state index contributed by atoms with van der Waals surface area (Å²) in [6.45, 7) is 3.90. The molecule has 7 nitrogen and oxygen atoms in total. The van der Waals surface area contributed by atoms with Gasteiger partial charge in [-0.3, -0.25) is 4.79 Å². The van der Waals surface area contributed by atoms with Gasteiger partial charge in [-0.1, -0.05) is 13.8 Å². The fourth-order valence-electron chi connectivity index (χ4n) is 1.99. The van der Waals surface area contributed by atoms with Crippen LogP contribution in [0.3, 0.4) is 0 Å². The van der Waals surface area contributed by atoms with E-state index in [2.05, 4.69) is 9.71 Å². The van der Waals surface area contributed by atoms with Crippen molar-refractivity contribution in [2.45, 2.75) is 37.6 Å². The van der Waals surface area contributed by atoms with Crippen molar-refractivity contribution in [1.29, 1.82) is 0 Å². The van der Waals surface area contributed by atoms with Crippen molar-refractivity contribution in [3.8, 4) is 5.75 Å². The molecule has 0 aliphatic rings. The molecule has 25 heavy (non-hydrogen) atoms. The molecular weight excluding hydrogens is 366 g/mol. The lowest BCUT2D eigenvalue weighted by Gasteiger charge is -2.16. The van der Waals surface area contributed by atoms with Crippen LogP contribution in [0.4, 0.5) is 0 Å². The van der Waals surface area contributed by atoms with Crippen molar-refractivity contribution in [1.82, 2.24) is 10.2 Å². The number of carbonyl (C=O) groups is 1. The number of halogens is 1. The first kappa shape index (κ1) is 21.2. The van der Waals surface area contributed by atoms with E-state index in [4.69, 9.17) is 11.6 Å². The molecule has 2 N–H and O–H groups in total. The number of amides is 1. The fraction of sp³-hybridized carbons (Fsp3) is 0.500. The van der Waals surface area contributed by atoms with E-state index in [0.29, 0.717) is 5.56 Å². The Morgan fingerprint density at radius 1 is 1.44 bits per heavy atom. The Kier molecular flexibility index (Phi) is 7.69.